The summed E-state index contributed by atoms with van der Waals surface area (Å²) in [6.45, 7) is 2.12. The fraction of sp³-hybridized carbons (Fsp3) is 0.250. The van der Waals surface area contributed by atoms with Gasteiger partial charge in [-0.25, -0.2) is 0 Å². The third-order valence-electron chi connectivity index (χ3n) is 4.17. The summed E-state index contributed by atoms with van der Waals surface area (Å²) in [5.41, 5.74) is 3.43. The lowest BCUT2D eigenvalue weighted by molar-refractivity contribution is 0.224. The van der Waals surface area contributed by atoms with E-state index in [4.69, 9.17) is 9.47 Å². The molecule has 0 saturated heterocycles. The Labute approximate surface area is 162 Å². The molecule has 4 rings (SSSR count). The van der Waals surface area contributed by atoms with Crippen molar-refractivity contribution in [2.75, 3.05) is 18.2 Å². The third-order valence-corrected chi connectivity index (χ3v) is 5.21. The Morgan fingerprint density at radius 3 is 2.89 bits per heavy atom. The summed E-state index contributed by atoms with van der Waals surface area (Å²) in [5, 5.41) is 12.8. The molecule has 138 valence electrons. The van der Waals surface area contributed by atoms with E-state index in [0.29, 0.717) is 16.7 Å². The Kier molecular flexibility index (Phi) is 5.11. The fourth-order valence-corrected chi connectivity index (χ4v) is 3.49. The van der Waals surface area contributed by atoms with Gasteiger partial charge in [-0.15, -0.1) is 10.2 Å². The maximum absolute atomic E-state index is 6.25. The molecule has 1 atom stereocenters. The summed E-state index contributed by atoms with van der Waals surface area (Å²) in [4.78, 5) is 4.62. The van der Waals surface area contributed by atoms with Gasteiger partial charge in [0.05, 0.1) is 7.11 Å². The first kappa shape index (κ1) is 17.6. The first-order chi connectivity index (χ1) is 13.3. The van der Waals surface area contributed by atoms with E-state index in [9.17, 15) is 0 Å². The highest BCUT2D eigenvalue weighted by Crippen LogP contribution is 2.39. The van der Waals surface area contributed by atoms with Gasteiger partial charge in [-0.2, -0.15) is 4.98 Å². The van der Waals surface area contributed by atoms with Crippen LogP contribution in [0.15, 0.2) is 53.7 Å². The summed E-state index contributed by atoms with van der Waals surface area (Å²) >= 11 is 1.58. The highest BCUT2D eigenvalue weighted by molar-refractivity contribution is 7.99. The second-order valence-corrected chi connectivity index (χ2v) is 7.12. The SMILES string of the molecule is CCCSc1nnc2c(n1)O[C@H](c1cccc(OC)c1)Nc1ccccc1-2. The van der Waals surface area contributed by atoms with Crippen LogP contribution in [0.3, 0.4) is 0 Å². The second kappa shape index (κ2) is 7.84. The molecule has 0 bridgehead atoms. The molecular weight excluding hydrogens is 360 g/mol. The van der Waals surface area contributed by atoms with Crippen LogP contribution in [0.5, 0.6) is 11.6 Å². The lowest BCUT2D eigenvalue weighted by Gasteiger charge is -2.19. The number of nitrogens with one attached hydrogen (secondary N) is 1. The Balaban J connectivity index is 1.78. The summed E-state index contributed by atoms with van der Waals surface area (Å²) in [6.07, 6.45) is 0.631. The molecule has 0 unspecified atom stereocenters. The van der Waals surface area contributed by atoms with Crippen molar-refractivity contribution in [1.82, 2.24) is 15.2 Å². The molecule has 0 amide bonds. The van der Waals surface area contributed by atoms with Crippen LogP contribution in [0.4, 0.5) is 5.69 Å². The van der Waals surface area contributed by atoms with Gasteiger partial charge in [-0.1, -0.05) is 49.0 Å². The van der Waals surface area contributed by atoms with Gasteiger partial charge in [-0.05, 0) is 24.6 Å². The van der Waals surface area contributed by atoms with E-state index in [0.717, 1.165) is 34.7 Å². The molecule has 27 heavy (non-hydrogen) atoms. The zero-order chi connectivity index (χ0) is 18.6. The van der Waals surface area contributed by atoms with Crippen molar-refractivity contribution in [3.8, 4) is 22.9 Å². The van der Waals surface area contributed by atoms with Crippen LogP contribution in [-0.2, 0) is 0 Å². The number of rotatable bonds is 5. The normalized spacial score (nSPS) is 15.0. The van der Waals surface area contributed by atoms with Crippen LogP contribution in [0, 0.1) is 0 Å². The quantitative estimate of drug-likeness (QED) is 0.651. The van der Waals surface area contributed by atoms with E-state index in [-0.39, 0.29) is 0 Å². The molecule has 0 aliphatic carbocycles. The Morgan fingerprint density at radius 2 is 2.04 bits per heavy atom. The van der Waals surface area contributed by atoms with Crippen LogP contribution in [0.2, 0.25) is 0 Å². The molecule has 1 aliphatic heterocycles. The molecule has 1 aromatic heterocycles. The largest absolute Gasteiger partial charge is 0.497 e. The van der Waals surface area contributed by atoms with Gasteiger partial charge >= 0.3 is 0 Å². The number of fused-ring (bicyclic) bond motifs is 3. The summed E-state index contributed by atoms with van der Waals surface area (Å²) in [5.74, 6) is 2.19. The number of para-hydroxylation sites is 1. The average Bonchev–Trinajstić information content (AvgIpc) is 2.88. The van der Waals surface area contributed by atoms with E-state index < -0.39 is 6.23 Å². The van der Waals surface area contributed by atoms with Crippen molar-refractivity contribution in [1.29, 1.82) is 0 Å². The molecule has 0 fully saturated rings. The monoisotopic (exact) mass is 380 g/mol. The third kappa shape index (κ3) is 3.68. The standard InChI is InChI=1S/C20H20N4O2S/c1-3-11-27-20-22-19-17(23-24-20)15-9-4-5-10-16(15)21-18(26-19)13-7-6-8-14(12-13)25-2/h4-10,12,18,21H,3,11H2,1-2H3/t18-/m1/s1. The first-order valence-electron chi connectivity index (χ1n) is 8.82. The van der Waals surface area contributed by atoms with E-state index in [2.05, 4.69) is 27.4 Å². The minimum absolute atomic E-state index is 0.414. The van der Waals surface area contributed by atoms with Gasteiger partial charge in [-0.3, -0.25) is 0 Å². The van der Waals surface area contributed by atoms with Crippen molar-refractivity contribution in [2.45, 2.75) is 24.7 Å². The lowest BCUT2D eigenvalue weighted by atomic mass is 10.1. The zero-order valence-corrected chi connectivity index (χ0v) is 16.0. The predicted molar refractivity (Wildman–Crippen MR) is 106 cm³/mol. The minimum Gasteiger partial charge on any atom is -0.497 e. The maximum atomic E-state index is 6.25. The summed E-state index contributed by atoms with van der Waals surface area (Å²) in [7, 11) is 1.65. The highest BCUT2D eigenvalue weighted by atomic mass is 32.2. The van der Waals surface area contributed by atoms with Crippen molar-refractivity contribution >= 4 is 17.4 Å². The van der Waals surface area contributed by atoms with Crippen molar-refractivity contribution in [3.63, 3.8) is 0 Å². The van der Waals surface area contributed by atoms with Crippen molar-refractivity contribution < 1.29 is 9.47 Å². The molecule has 1 aliphatic rings. The molecule has 0 spiro atoms. The Morgan fingerprint density at radius 1 is 1.15 bits per heavy atom. The number of benzene rings is 2. The van der Waals surface area contributed by atoms with Crippen LogP contribution in [0.25, 0.3) is 11.3 Å². The number of methoxy groups -OCH3 is 1. The first-order valence-corrected chi connectivity index (χ1v) is 9.81. The zero-order valence-electron chi connectivity index (χ0n) is 15.2. The molecular formula is C20H20N4O2S. The second-order valence-electron chi connectivity index (χ2n) is 6.06. The molecule has 0 radical (unpaired) electrons. The molecule has 6 nitrogen and oxygen atoms in total. The van der Waals surface area contributed by atoms with E-state index >= 15 is 0 Å². The van der Waals surface area contributed by atoms with Gasteiger partial charge in [0.2, 0.25) is 11.0 Å². The average molecular weight is 380 g/mol. The topological polar surface area (TPSA) is 69.2 Å². The molecule has 3 aromatic rings. The molecule has 7 heteroatoms. The van der Waals surface area contributed by atoms with Crippen molar-refractivity contribution in [2.24, 2.45) is 0 Å². The number of anilines is 1. The van der Waals surface area contributed by atoms with Crippen LogP contribution in [-0.4, -0.2) is 28.0 Å². The number of ether oxygens (including phenoxy) is 2. The number of hydrogen-bond acceptors (Lipinski definition) is 7. The molecule has 0 saturated carbocycles. The molecule has 1 N–H and O–H groups in total. The van der Waals surface area contributed by atoms with Crippen LogP contribution >= 0.6 is 11.8 Å². The van der Waals surface area contributed by atoms with Gasteiger partial charge < -0.3 is 14.8 Å². The van der Waals surface area contributed by atoms with E-state index in [1.807, 2.05) is 48.5 Å². The van der Waals surface area contributed by atoms with Gasteiger partial charge in [0.15, 0.2) is 11.9 Å². The minimum atomic E-state index is -0.414. The number of hydrogen-bond donors (Lipinski definition) is 1. The Bertz CT molecular complexity index is 951. The number of thioether (sulfide) groups is 1. The van der Waals surface area contributed by atoms with Crippen molar-refractivity contribution in [3.05, 3.63) is 54.1 Å². The van der Waals surface area contributed by atoms with Gasteiger partial charge in [0.1, 0.15) is 5.75 Å². The summed E-state index contributed by atoms with van der Waals surface area (Å²) in [6, 6.07) is 15.7. The predicted octanol–water partition coefficient (Wildman–Crippen LogP) is 4.55. The smallest absolute Gasteiger partial charge is 0.247 e. The Hall–Kier alpha value is -2.80. The van der Waals surface area contributed by atoms with E-state index in [1.54, 1.807) is 18.9 Å². The van der Waals surface area contributed by atoms with Crippen LogP contribution < -0.4 is 14.8 Å². The molecule has 2 heterocycles. The highest BCUT2D eigenvalue weighted by Gasteiger charge is 2.26. The summed E-state index contributed by atoms with van der Waals surface area (Å²) < 4.78 is 11.6. The van der Waals surface area contributed by atoms with Gasteiger partial charge in [0.25, 0.3) is 0 Å². The van der Waals surface area contributed by atoms with Gasteiger partial charge in [0, 0.05) is 22.6 Å². The fourth-order valence-electron chi connectivity index (χ4n) is 2.86. The molecule has 2 aromatic carbocycles. The number of aromatic nitrogens is 3. The van der Waals surface area contributed by atoms with Crippen LogP contribution in [0.1, 0.15) is 25.1 Å². The number of nitrogens with zero attached hydrogens (tertiary/aromatic N) is 3. The lowest BCUT2D eigenvalue weighted by Crippen LogP contribution is -2.17. The maximum Gasteiger partial charge on any atom is 0.247 e. The van der Waals surface area contributed by atoms with E-state index in [1.165, 1.54) is 0 Å².